The Balaban J connectivity index is 2.44. The fourth-order valence-electron chi connectivity index (χ4n) is 2.49. The molecule has 2 N–H and O–H groups in total. The smallest absolute Gasteiger partial charge is 0.303 e. The Hall–Kier alpha value is -2.02. The molecule has 114 valence electrons. The zero-order valence-corrected chi connectivity index (χ0v) is 12.9. The van der Waals surface area contributed by atoms with E-state index in [9.17, 15) is 4.79 Å². The monoisotopic (exact) mass is 288 g/mol. The molecular formula is C17H24N2O2. The number of anilines is 1. The van der Waals surface area contributed by atoms with Crippen LogP contribution in [0, 0.1) is 24.2 Å². The average molecular weight is 288 g/mol. The van der Waals surface area contributed by atoms with E-state index in [2.05, 4.69) is 18.3 Å². The van der Waals surface area contributed by atoms with E-state index in [1.54, 1.807) is 0 Å². The van der Waals surface area contributed by atoms with Crippen molar-refractivity contribution in [3.8, 4) is 6.07 Å². The van der Waals surface area contributed by atoms with Gasteiger partial charge >= 0.3 is 5.97 Å². The number of carbonyl (C=O) groups is 1. The molecule has 0 saturated heterocycles. The molecule has 0 aliphatic heterocycles. The van der Waals surface area contributed by atoms with Gasteiger partial charge in [-0.05, 0) is 49.4 Å². The number of aryl methyl sites for hydroxylation is 1. The van der Waals surface area contributed by atoms with Crippen LogP contribution in [-0.2, 0) is 4.79 Å². The number of hydrogen-bond donors (Lipinski definition) is 2. The SMILES string of the molecule is CCCC(CCNc1ccc(C#N)c(C)c1)CCC(=O)O. The molecule has 0 aliphatic carbocycles. The van der Waals surface area contributed by atoms with Crippen LogP contribution in [0.25, 0.3) is 0 Å². The van der Waals surface area contributed by atoms with Gasteiger partial charge in [0.2, 0.25) is 0 Å². The largest absolute Gasteiger partial charge is 0.481 e. The molecule has 0 spiro atoms. The number of carboxylic acid groups (broad SMARTS) is 1. The Bertz CT molecular complexity index is 506. The van der Waals surface area contributed by atoms with Gasteiger partial charge in [0.15, 0.2) is 0 Å². The predicted molar refractivity (Wildman–Crippen MR) is 84.3 cm³/mol. The number of nitriles is 1. The van der Waals surface area contributed by atoms with Crippen LogP contribution in [0.1, 0.15) is 50.2 Å². The number of aliphatic carboxylic acids is 1. The van der Waals surface area contributed by atoms with E-state index >= 15 is 0 Å². The molecule has 1 aromatic carbocycles. The number of rotatable bonds is 9. The fraction of sp³-hybridized carbons (Fsp3) is 0.529. The molecule has 4 nitrogen and oxygen atoms in total. The second kappa shape index (κ2) is 9.02. The van der Waals surface area contributed by atoms with E-state index < -0.39 is 5.97 Å². The normalized spacial score (nSPS) is 11.7. The summed E-state index contributed by atoms with van der Waals surface area (Å²) in [5.74, 6) is -0.259. The third kappa shape index (κ3) is 6.31. The Kier molecular flexibility index (Phi) is 7.31. The number of hydrogen-bond acceptors (Lipinski definition) is 3. The molecule has 0 aliphatic rings. The topological polar surface area (TPSA) is 73.1 Å². The third-order valence-corrected chi connectivity index (χ3v) is 3.69. The van der Waals surface area contributed by atoms with Gasteiger partial charge in [-0.15, -0.1) is 0 Å². The lowest BCUT2D eigenvalue weighted by atomic mass is 9.94. The summed E-state index contributed by atoms with van der Waals surface area (Å²) in [7, 11) is 0. The number of benzene rings is 1. The third-order valence-electron chi connectivity index (χ3n) is 3.69. The maximum Gasteiger partial charge on any atom is 0.303 e. The minimum absolute atomic E-state index is 0.251. The maximum absolute atomic E-state index is 10.7. The van der Waals surface area contributed by atoms with Crippen molar-refractivity contribution < 1.29 is 9.90 Å². The lowest BCUT2D eigenvalue weighted by Gasteiger charge is -2.16. The zero-order valence-electron chi connectivity index (χ0n) is 12.9. The highest BCUT2D eigenvalue weighted by atomic mass is 16.4. The minimum Gasteiger partial charge on any atom is -0.481 e. The summed E-state index contributed by atoms with van der Waals surface area (Å²) in [5, 5.41) is 21.0. The molecule has 1 atom stereocenters. The van der Waals surface area contributed by atoms with Crippen molar-refractivity contribution in [2.75, 3.05) is 11.9 Å². The second-order valence-corrected chi connectivity index (χ2v) is 5.44. The van der Waals surface area contributed by atoms with Crippen molar-refractivity contribution >= 4 is 11.7 Å². The van der Waals surface area contributed by atoms with Gasteiger partial charge in [0.25, 0.3) is 0 Å². The van der Waals surface area contributed by atoms with E-state index in [1.807, 2.05) is 25.1 Å². The summed E-state index contributed by atoms with van der Waals surface area (Å²) in [5.41, 5.74) is 2.68. The second-order valence-electron chi connectivity index (χ2n) is 5.44. The molecule has 0 heterocycles. The fourth-order valence-corrected chi connectivity index (χ4v) is 2.49. The van der Waals surface area contributed by atoms with Crippen molar-refractivity contribution in [3.63, 3.8) is 0 Å². The first-order valence-corrected chi connectivity index (χ1v) is 7.53. The van der Waals surface area contributed by atoms with Crippen LogP contribution in [0.15, 0.2) is 18.2 Å². The van der Waals surface area contributed by atoms with Crippen LogP contribution in [0.3, 0.4) is 0 Å². The number of nitrogens with zero attached hydrogens (tertiary/aromatic N) is 1. The van der Waals surface area contributed by atoms with Gasteiger partial charge < -0.3 is 10.4 Å². The standard InChI is InChI=1S/C17H24N2O2/c1-3-4-14(5-8-17(20)21)9-10-19-16-7-6-15(12-18)13(2)11-16/h6-7,11,14,19H,3-5,8-10H2,1-2H3,(H,20,21). The van der Waals surface area contributed by atoms with Crippen molar-refractivity contribution in [2.24, 2.45) is 5.92 Å². The molecular weight excluding hydrogens is 264 g/mol. The molecule has 0 radical (unpaired) electrons. The zero-order chi connectivity index (χ0) is 15.7. The molecule has 0 aromatic heterocycles. The summed E-state index contributed by atoms with van der Waals surface area (Å²) in [6.45, 7) is 4.89. The highest BCUT2D eigenvalue weighted by molar-refractivity contribution is 5.66. The quantitative estimate of drug-likeness (QED) is 0.721. The number of carboxylic acids is 1. The highest BCUT2D eigenvalue weighted by Gasteiger charge is 2.10. The Morgan fingerprint density at radius 2 is 2.14 bits per heavy atom. The first-order valence-electron chi connectivity index (χ1n) is 7.53. The van der Waals surface area contributed by atoms with Crippen LogP contribution < -0.4 is 5.32 Å². The predicted octanol–water partition coefficient (Wildman–Crippen LogP) is 3.95. The van der Waals surface area contributed by atoms with Crippen molar-refractivity contribution in [1.29, 1.82) is 5.26 Å². The molecule has 0 fully saturated rings. The van der Waals surface area contributed by atoms with Gasteiger partial charge in [0.05, 0.1) is 11.6 Å². The highest BCUT2D eigenvalue weighted by Crippen LogP contribution is 2.19. The Morgan fingerprint density at radius 3 is 2.71 bits per heavy atom. The van der Waals surface area contributed by atoms with Crippen molar-refractivity contribution in [2.45, 2.75) is 46.0 Å². The van der Waals surface area contributed by atoms with Gasteiger partial charge in [-0.2, -0.15) is 5.26 Å². The van der Waals surface area contributed by atoms with Gasteiger partial charge in [-0.3, -0.25) is 4.79 Å². The lowest BCUT2D eigenvalue weighted by Crippen LogP contribution is -2.11. The molecule has 0 amide bonds. The van der Waals surface area contributed by atoms with Crippen LogP contribution in [-0.4, -0.2) is 17.6 Å². The van der Waals surface area contributed by atoms with E-state index in [0.717, 1.165) is 43.5 Å². The molecule has 1 rings (SSSR count). The lowest BCUT2D eigenvalue weighted by molar-refractivity contribution is -0.137. The van der Waals surface area contributed by atoms with Crippen LogP contribution >= 0.6 is 0 Å². The summed E-state index contributed by atoms with van der Waals surface area (Å²) in [6.07, 6.45) is 4.12. The summed E-state index contributed by atoms with van der Waals surface area (Å²) in [4.78, 5) is 10.7. The summed E-state index contributed by atoms with van der Waals surface area (Å²) in [6, 6.07) is 7.87. The van der Waals surface area contributed by atoms with Crippen molar-refractivity contribution in [1.82, 2.24) is 0 Å². The number of nitrogens with one attached hydrogen (secondary N) is 1. The molecule has 21 heavy (non-hydrogen) atoms. The van der Waals surface area contributed by atoms with E-state index in [1.165, 1.54) is 0 Å². The molecule has 4 heteroatoms. The molecule has 0 saturated carbocycles. The van der Waals surface area contributed by atoms with Gasteiger partial charge in [0, 0.05) is 18.7 Å². The van der Waals surface area contributed by atoms with Gasteiger partial charge in [-0.1, -0.05) is 19.8 Å². The molecule has 1 unspecified atom stereocenters. The van der Waals surface area contributed by atoms with Crippen LogP contribution in [0.4, 0.5) is 5.69 Å². The first kappa shape index (κ1) is 17.0. The van der Waals surface area contributed by atoms with Crippen LogP contribution in [0.2, 0.25) is 0 Å². The van der Waals surface area contributed by atoms with Gasteiger partial charge in [-0.25, -0.2) is 0 Å². The first-order chi connectivity index (χ1) is 10.1. The molecule has 1 aromatic rings. The van der Waals surface area contributed by atoms with E-state index in [0.29, 0.717) is 11.5 Å². The Labute approximate surface area is 126 Å². The molecule has 0 bridgehead atoms. The minimum atomic E-state index is -0.716. The van der Waals surface area contributed by atoms with Gasteiger partial charge in [0.1, 0.15) is 0 Å². The van der Waals surface area contributed by atoms with Crippen LogP contribution in [0.5, 0.6) is 0 Å². The van der Waals surface area contributed by atoms with Crippen molar-refractivity contribution in [3.05, 3.63) is 29.3 Å². The van der Waals surface area contributed by atoms with E-state index in [-0.39, 0.29) is 6.42 Å². The maximum atomic E-state index is 10.7. The summed E-state index contributed by atoms with van der Waals surface area (Å²) >= 11 is 0. The summed E-state index contributed by atoms with van der Waals surface area (Å²) < 4.78 is 0. The van der Waals surface area contributed by atoms with E-state index in [4.69, 9.17) is 10.4 Å². The Morgan fingerprint density at radius 1 is 1.38 bits per heavy atom. The average Bonchev–Trinajstić information content (AvgIpc) is 2.45.